The van der Waals surface area contributed by atoms with Crippen LogP contribution in [-0.4, -0.2) is 36.1 Å². The van der Waals surface area contributed by atoms with Crippen molar-refractivity contribution in [3.8, 4) is 0 Å². The third-order valence-corrected chi connectivity index (χ3v) is 2.37. The Morgan fingerprint density at radius 2 is 2.00 bits per heavy atom. The summed E-state index contributed by atoms with van der Waals surface area (Å²) in [5.41, 5.74) is 5.25. The number of hydrogen-bond acceptors (Lipinski definition) is 4. The molecule has 1 saturated heterocycles. The fourth-order valence-electron chi connectivity index (χ4n) is 1.51. The molecule has 0 saturated carbocycles. The van der Waals surface area contributed by atoms with Crippen molar-refractivity contribution in [1.29, 1.82) is 0 Å². The lowest BCUT2D eigenvalue weighted by Gasteiger charge is -2.33. The maximum Gasteiger partial charge on any atom is 0.0470 e. The standard InChI is InChI=1S/C8H18N4/c1-11-5-2-8(3-6-11)12(10)7-4-9/h4,7-8H,2-3,5-6,9-10H2,1H3/b7-4-. The molecule has 0 spiro atoms. The number of likely N-dealkylation sites (tertiary alicyclic amines) is 1. The number of nitrogens with two attached hydrogens (primary N) is 2. The summed E-state index contributed by atoms with van der Waals surface area (Å²) in [6.07, 6.45) is 5.46. The summed E-state index contributed by atoms with van der Waals surface area (Å²) in [5, 5.41) is 1.72. The Balaban J connectivity index is 2.33. The highest BCUT2D eigenvalue weighted by Gasteiger charge is 2.18. The van der Waals surface area contributed by atoms with Gasteiger partial charge in [0.15, 0.2) is 0 Å². The van der Waals surface area contributed by atoms with Crippen LogP contribution in [0.1, 0.15) is 12.8 Å². The van der Waals surface area contributed by atoms with Crippen LogP contribution in [0.3, 0.4) is 0 Å². The highest BCUT2D eigenvalue weighted by molar-refractivity contribution is 4.83. The minimum atomic E-state index is 0.459. The van der Waals surface area contributed by atoms with Crippen LogP contribution in [0.5, 0.6) is 0 Å². The SMILES string of the molecule is CN1CCC(N(N)/C=C\N)CC1. The number of rotatable bonds is 2. The second-order valence-corrected chi connectivity index (χ2v) is 3.32. The molecule has 0 bridgehead atoms. The maximum atomic E-state index is 5.75. The van der Waals surface area contributed by atoms with Gasteiger partial charge in [-0.05, 0) is 33.0 Å². The van der Waals surface area contributed by atoms with Crippen molar-refractivity contribution in [1.82, 2.24) is 9.91 Å². The van der Waals surface area contributed by atoms with Gasteiger partial charge < -0.3 is 15.6 Å². The lowest BCUT2D eigenvalue weighted by molar-refractivity contribution is 0.162. The topological polar surface area (TPSA) is 58.5 Å². The minimum Gasteiger partial charge on any atom is -0.403 e. The quantitative estimate of drug-likeness (QED) is 0.441. The zero-order chi connectivity index (χ0) is 8.97. The molecule has 0 aromatic heterocycles. The van der Waals surface area contributed by atoms with Crippen LogP contribution < -0.4 is 11.6 Å². The molecule has 0 amide bonds. The second-order valence-electron chi connectivity index (χ2n) is 3.32. The molecule has 0 atom stereocenters. The zero-order valence-corrected chi connectivity index (χ0v) is 7.61. The van der Waals surface area contributed by atoms with Crippen LogP contribution in [0.2, 0.25) is 0 Å². The van der Waals surface area contributed by atoms with Crippen LogP contribution in [0, 0.1) is 0 Å². The van der Waals surface area contributed by atoms with Crippen molar-refractivity contribution in [2.75, 3.05) is 20.1 Å². The Labute approximate surface area is 73.8 Å². The predicted octanol–water partition coefficient (Wildman–Crippen LogP) is -0.314. The summed E-state index contributed by atoms with van der Waals surface area (Å²) in [6.45, 7) is 2.24. The molecule has 0 aromatic rings. The van der Waals surface area contributed by atoms with E-state index in [1.807, 2.05) is 0 Å². The van der Waals surface area contributed by atoms with Crippen molar-refractivity contribution in [2.45, 2.75) is 18.9 Å². The second kappa shape index (κ2) is 4.33. The van der Waals surface area contributed by atoms with E-state index in [4.69, 9.17) is 11.6 Å². The molecule has 0 radical (unpaired) electrons. The molecule has 0 unspecified atom stereocenters. The summed E-state index contributed by atoms with van der Waals surface area (Å²) in [4.78, 5) is 2.32. The van der Waals surface area contributed by atoms with Crippen LogP contribution in [0.15, 0.2) is 12.4 Å². The highest BCUT2D eigenvalue weighted by Crippen LogP contribution is 2.12. The first-order chi connectivity index (χ1) is 5.74. The number of hydrazine groups is 1. The minimum absolute atomic E-state index is 0.459. The van der Waals surface area contributed by atoms with E-state index in [9.17, 15) is 0 Å². The highest BCUT2D eigenvalue weighted by atomic mass is 15.4. The van der Waals surface area contributed by atoms with Gasteiger partial charge in [-0.3, -0.25) is 0 Å². The van der Waals surface area contributed by atoms with Gasteiger partial charge in [0.05, 0.1) is 0 Å². The molecule has 1 aliphatic rings. The van der Waals surface area contributed by atoms with Gasteiger partial charge in [0.2, 0.25) is 0 Å². The van der Waals surface area contributed by atoms with E-state index in [0.717, 1.165) is 25.9 Å². The molecular formula is C8H18N4. The van der Waals surface area contributed by atoms with E-state index >= 15 is 0 Å². The van der Waals surface area contributed by atoms with E-state index < -0.39 is 0 Å². The fraction of sp³-hybridized carbons (Fsp3) is 0.750. The summed E-state index contributed by atoms with van der Waals surface area (Å²) in [5.74, 6) is 5.75. The fourth-order valence-corrected chi connectivity index (χ4v) is 1.51. The molecular weight excluding hydrogens is 152 g/mol. The Hall–Kier alpha value is -0.740. The molecule has 4 N–H and O–H groups in total. The largest absolute Gasteiger partial charge is 0.403 e. The normalized spacial score (nSPS) is 21.8. The van der Waals surface area contributed by atoms with E-state index in [-0.39, 0.29) is 0 Å². The monoisotopic (exact) mass is 170 g/mol. The lowest BCUT2D eigenvalue weighted by Crippen LogP contribution is -2.44. The molecule has 0 aliphatic carbocycles. The molecule has 1 heterocycles. The van der Waals surface area contributed by atoms with E-state index in [1.165, 1.54) is 6.20 Å². The maximum absolute atomic E-state index is 5.75. The molecule has 0 aromatic carbocycles. The molecule has 1 fully saturated rings. The Morgan fingerprint density at radius 1 is 1.42 bits per heavy atom. The smallest absolute Gasteiger partial charge is 0.0470 e. The van der Waals surface area contributed by atoms with Crippen molar-refractivity contribution < 1.29 is 0 Å². The van der Waals surface area contributed by atoms with Gasteiger partial charge in [-0.2, -0.15) is 0 Å². The van der Waals surface area contributed by atoms with Crippen molar-refractivity contribution in [3.05, 3.63) is 12.4 Å². The molecule has 1 rings (SSSR count). The van der Waals surface area contributed by atoms with Gasteiger partial charge in [0.25, 0.3) is 0 Å². The number of piperidine rings is 1. The molecule has 4 nitrogen and oxygen atoms in total. The summed E-state index contributed by atoms with van der Waals surface area (Å²) in [6, 6.07) is 0.459. The predicted molar refractivity (Wildman–Crippen MR) is 49.9 cm³/mol. The van der Waals surface area contributed by atoms with Gasteiger partial charge >= 0.3 is 0 Å². The average Bonchev–Trinajstić information content (AvgIpc) is 2.06. The summed E-state index contributed by atoms with van der Waals surface area (Å²) in [7, 11) is 2.13. The third-order valence-electron chi connectivity index (χ3n) is 2.37. The third kappa shape index (κ3) is 2.39. The number of nitrogens with zero attached hydrogens (tertiary/aromatic N) is 2. The van der Waals surface area contributed by atoms with Crippen LogP contribution in [0.4, 0.5) is 0 Å². The summed E-state index contributed by atoms with van der Waals surface area (Å²) >= 11 is 0. The molecule has 1 aliphatic heterocycles. The number of hydrogen-bond donors (Lipinski definition) is 2. The van der Waals surface area contributed by atoms with Crippen molar-refractivity contribution in [2.24, 2.45) is 11.6 Å². The van der Waals surface area contributed by atoms with Gasteiger partial charge in [-0.1, -0.05) is 0 Å². The first kappa shape index (κ1) is 9.35. The van der Waals surface area contributed by atoms with Crippen LogP contribution >= 0.6 is 0 Å². The van der Waals surface area contributed by atoms with Gasteiger partial charge in [-0.25, -0.2) is 5.84 Å². The Morgan fingerprint density at radius 3 is 2.50 bits per heavy atom. The van der Waals surface area contributed by atoms with E-state index in [1.54, 1.807) is 11.2 Å². The van der Waals surface area contributed by atoms with Crippen LogP contribution in [0.25, 0.3) is 0 Å². The Bertz CT molecular complexity index is 149. The molecule has 12 heavy (non-hydrogen) atoms. The first-order valence-electron chi connectivity index (χ1n) is 4.34. The summed E-state index contributed by atoms with van der Waals surface area (Å²) < 4.78 is 0. The lowest BCUT2D eigenvalue weighted by atomic mass is 10.1. The molecule has 4 heteroatoms. The Kier molecular flexibility index (Phi) is 3.37. The van der Waals surface area contributed by atoms with E-state index in [0.29, 0.717) is 6.04 Å². The van der Waals surface area contributed by atoms with Gasteiger partial charge in [0.1, 0.15) is 0 Å². The first-order valence-corrected chi connectivity index (χ1v) is 4.34. The molecule has 70 valence electrons. The van der Waals surface area contributed by atoms with E-state index in [2.05, 4.69) is 11.9 Å². The van der Waals surface area contributed by atoms with Crippen LogP contribution in [-0.2, 0) is 0 Å². The van der Waals surface area contributed by atoms with Gasteiger partial charge in [0, 0.05) is 18.4 Å². The van der Waals surface area contributed by atoms with Gasteiger partial charge in [-0.15, -0.1) is 0 Å². The van der Waals surface area contributed by atoms with Crippen molar-refractivity contribution in [3.63, 3.8) is 0 Å². The average molecular weight is 170 g/mol. The zero-order valence-electron chi connectivity index (χ0n) is 7.61. The van der Waals surface area contributed by atoms with Crippen molar-refractivity contribution >= 4 is 0 Å².